The summed E-state index contributed by atoms with van der Waals surface area (Å²) >= 11 is 8.46. The first-order valence-corrected chi connectivity index (χ1v) is 10.0. The van der Waals surface area contributed by atoms with Gasteiger partial charge in [-0.1, -0.05) is 18.2 Å². The molecular formula is C19H12Br2F3IO2. The normalized spacial score (nSPS) is 10.9. The van der Waals surface area contributed by atoms with Gasteiger partial charge in [-0.3, -0.25) is 0 Å². The van der Waals surface area contributed by atoms with Crippen LogP contribution in [0.1, 0.15) is 5.56 Å². The average Bonchev–Trinajstić information content (AvgIpc) is 2.61. The highest BCUT2D eigenvalue weighted by Crippen LogP contribution is 2.33. The van der Waals surface area contributed by atoms with Crippen molar-refractivity contribution in [2.75, 3.05) is 0 Å². The molecule has 8 heteroatoms. The lowest BCUT2D eigenvalue weighted by molar-refractivity contribution is -0.137. The number of aromatic hydroxyl groups is 2. The smallest absolute Gasteiger partial charge is 0.416 e. The molecule has 3 aromatic carbocycles. The highest BCUT2D eigenvalue weighted by atomic mass is 127. The molecule has 3 rings (SSSR count). The third kappa shape index (κ3) is 6.39. The zero-order valence-electron chi connectivity index (χ0n) is 13.4. The highest BCUT2D eigenvalue weighted by Gasteiger charge is 2.29. The second-order valence-electron chi connectivity index (χ2n) is 5.34. The van der Waals surface area contributed by atoms with Gasteiger partial charge < -0.3 is 10.2 Å². The molecule has 2 nitrogen and oxygen atoms in total. The number of rotatable bonds is 1. The van der Waals surface area contributed by atoms with Gasteiger partial charge in [0.2, 0.25) is 0 Å². The van der Waals surface area contributed by atoms with Gasteiger partial charge in [-0.15, -0.1) is 0 Å². The van der Waals surface area contributed by atoms with Crippen molar-refractivity contribution in [3.63, 3.8) is 0 Å². The fourth-order valence-corrected chi connectivity index (χ4v) is 3.00. The summed E-state index contributed by atoms with van der Waals surface area (Å²) in [6, 6.07) is 15.1. The first kappa shape index (κ1) is 22.0. The van der Waals surface area contributed by atoms with E-state index in [1.807, 2.05) is 12.1 Å². The van der Waals surface area contributed by atoms with E-state index >= 15 is 0 Å². The van der Waals surface area contributed by atoms with Crippen LogP contribution in [0.2, 0.25) is 0 Å². The van der Waals surface area contributed by atoms with Gasteiger partial charge in [0, 0.05) is 3.57 Å². The summed E-state index contributed by atoms with van der Waals surface area (Å²) < 4.78 is 39.5. The van der Waals surface area contributed by atoms with Gasteiger partial charge in [-0.2, -0.15) is 13.2 Å². The molecule has 0 aliphatic carbocycles. The maximum atomic E-state index is 12.4. The first-order valence-electron chi connectivity index (χ1n) is 7.38. The molecule has 0 heterocycles. The molecule has 2 N–H and O–H groups in total. The van der Waals surface area contributed by atoms with Crippen molar-refractivity contribution in [1.29, 1.82) is 0 Å². The van der Waals surface area contributed by atoms with E-state index in [0.29, 0.717) is 21.3 Å². The third-order valence-electron chi connectivity index (χ3n) is 3.40. The van der Waals surface area contributed by atoms with E-state index in [2.05, 4.69) is 54.5 Å². The van der Waals surface area contributed by atoms with Crippen molar-refractivity contribution in [1.82, 2.24) is 0 Å². The predicted octanol–water partition coefficient (Wildman–Crippen LogP) is 7.60. The molecule has 0 unspecified atom stereocenters. The summed E-state index contributed by atoms with van der Waals surface area (Å²) in [7, 11) is 0. The molecule has 0 aliphatic heterocycles. The Morgan fingerprint density at radius 2 is 1.19 bits per heavy atom. The first-order chi connectivity index (χ1) is 12.6. The highest BCUT2D eigenvalue weighted by molar-refractivity contribution is 14.1. The SMILES string of the molecule is Oc1cc(-c2ccc(C(F)(F)F)cc2)ccc1Br.Oc1cc(I)ccc1Br. The maximum absolute atomic E-state index is 12.4. The number of hydrogen-bond acceptors (Lipinski definition) is 2. The molecule has 0 aromatic heterocycles. The molecule has 142 valence electrons. The van der Waals surface area contributed by atoms with Crippen LogP contribution in [0.4, 0.5) is 13.2 Å². The van der Waals surface area contributed by atoms with Gasteiger partial charge in [0.25, 0.3) is 0 Å². The van der Waals surface area contributed by atoms with Crippen LogP contribution in [-0.4, -0.2) is 10.2 Å². The van der Waals surface area contributed by atoms with Crippen molar-refractivity contribution < 1.29 is 23.4 Å². The fraction of sp³-hybridized carbons (Fsp3) is 0.0526. The van der Waals surface area contributed by atoms with Gasteiger partial charge in [-0.25, -0.2) is 0 Å². The van der Waals surface area contributed by atoms with Gasteiger partial charge >= 0.3 is 6.18 Å². The summed E-state index contributed by atoms with van der Waals surface area (Å²) in [5.41, 5.74) is 0.586. The fourth-order valence-electron chi connectivity index (χ4n) is 2.03. The molecule has 0 spiro atoms. The van der Waals surface area contributed by atoms with E-state index < -0.39 is 11.7 Å². The zero-order valence-corrected chi connectivity index (χ0v) is 18.8. The molecule has 27 heavy (non-hydrogen) atoms. The summed E-state index contributed by atoms with van der Waals surface area (Å²) in [6.07, 6.45) is -4.33. The lowest BCUT2D eigenvalue weighted by atomic mass is 10.0. The second-order valence-corrected chi connectivity index (χ2v) is 8.29. The van der Waals surface area contributed by atoms with Gasteiger partial charge in [-0.05, 0) is 108 Å². The third-order valence-corrected chi connectivity index (χ3v) is 5.41. The minimum Gasteiger partial charge on any atom is -0.507 e. The van der Waals surface area contributed by atoms with Gasteiger partial charge in [0.1, 0.15) is 11.5 Å². The van der Waals surface area contributed by atoms with Crippen molar-refractivity contribution in [2.24, 2.45) is 0 Å². The lowest BCUT2D eigenvalue weighted by Crippen LogP contribution is -2.03. The summed E-state index contributed by atoms with van der Waals surface area (Å²) in [5.74, 6) is 0.342. The number of benzene rings is 3. The van der Waals surface area contributed by atoms with E-state index in [-0.39, 0.29) is 5.75 Å². The molecule has 0 saturated carbocycles. The van der Waals surface area contributed by atoms with E-state index in [1.54, 1.807) is 18.2 Å². The van der Waals surface area contributed by atoms with Crippen LogP contribution in [0.25, 0.3) is 11.1 Å². The second kappa shape index (κ2) is 9.29. The Balaban J connectivity index is 0.000000244. The molecule has 0 radical (unpaired) electrons. The van der Waals surface area contributed by atoms with Crippen LogP contribution < -0.4 is 0 Å². The van der Waals surface area contributed by atoms with Crippen LogP contribution in [-0.2, 0) is 6.18 Å². The Bertz CT molecular complexity index is 929. The van der Waals surface area contributed by atoms with E-state index in [1.165, 1.54) is 18.2 Å². The van der Waals surface area contributed by atoms with Gasteiger partial charge in [0.05, 0.1) is 14.5 Å². The minimum atomic E-state index is -4.33. The molecule has 0 fully saturated rings. The Hall–Kier alpha value is -1.26. The molecule has 3 aromatic rings. The topological polar surface area (TPSA) is 40.5 Å². The molecule has 0 aliphatic rings. The van der Waals surface area contributed by atoms with E-state index in [9.17, 15) is 18.3 Å². The van der Waals surface area contributed by atoms with Crippen molar-refractivity contribution in [2.45, 2.75) is 6.18 Å². The van der Waals surface area contributed by atoms with Crippen molar-refractivity contribution in [3.8, 4) is 22.6 Å². The Morgan fingerprint density at radius 3 is 1.63 bits per heavy atom. The Kier molecular flexibility index (Phi) is 7.58. The minimum absolute atomic E-state index is 0.0485. The lowest BCUT2D eigenvalue weighted by Gasteiger charge is -2.08. The zero-order chi connectivity index (χ0) is 20.2. The van der Waals surface area contributed by atoms with Crippen molar-refractivity contribution in [3.05, 3.63) is 78.7 Å². The van der Waals surface area contributed by atoms with Crippen LogP contribution in [0, 0.1) is 3.57 Å². The van der Waals surface area contributed by atoms with Crippen molar-refractivity contribution >= 4 is 54.5 Å². The molecule has 0 saturated heterocycles. The van der Waals surface area contributed by atoms with Gasteiger partial charge in [0.15, 0.2) is 0 Å². The molecule has 0 amide bonds. The van der Waals surface area contributed by atoms with Crippen LogP contribution in [0.3, 0.4) is 0 Å². The number of phenolic OH excluding ortho intramolecular Hbond substituents is 2. The Morgan fingerprint density at radius 1 is 0.704 bits per heavy atom. The summed E-state index contributed by atoms with van der Waals surface area (Å²) in [4.78, 5) is 0. The molecule has 0 bridgehead atoms. The molecular weight excluding hydrogens is 604 g/mol. The number of hydrogen-bond donors (Lipinski definition) is 2. The van der Waals surface area contributed by atoms with E-state index in [0.717, 1.165) is 20.2 Å². The molecule has 0 atom stereocenters. The largest absolute Gasteiger partial charge is 0.507 e. The quantitative estimate of drug-likeness (QED) is 0.277. The van der Waals surface area contributed by atoms with Crippen LogP contribution in [0.5, 0.6) is 11.5 Å². The predicted molar refractivity (Wildman–Crippen MR) is 115 cm³/mol. The number of alkyl halides is 3. The number of halogens is 6. The monoisotopic (exact) mass is 614 g/mol. The van der Waals surface area contributed by atoms with E-state index in [4.69, 9.17) is 5.11 Å². The van der Waals surface area contributed by atoms with Crippen LogP contribution in [0.15, 0.2) is 69.6 Å². The Labute approximate surface area is 184 Å². The summed E-state index contributed by atoms with van der Waals surface area (Å²) in [6.45, 7) is 0. The van der Waals surface area contributed by atoms with Crippen LogP contribution >= 0.6 is 54.5 Å². The number of phenols is 2. The maximum Gasteiger partial charge on any atom is 0.416 e. The standard InChI is InChI=1S/C13H8BrF3O.C6H4BrIO/c14-11-6-3-9(7-12(11)18)8-1-4-10(5-2-8)13(15,16)17;7-5-2-1-4(8)3-6(5)9/h1-7,18H;1-3,9H. The average molecular weight is 616 g/mol. The summed E-state index contributed by atoms with van der Waals surface area (Å²) in [5, 5.41) is 18.6.